The zero-order chi connectivity index (χ0) is 0. The molecule has 0 aliphatic rings. The number of rotatable bonds is 0. The van der Waals surface area contributed by atoms with Gasteiger partial charge in [0.05, 0.1) is 8.41 Å². The van der Waals surface area contributed by atoms with E-state index in [1.54, 1.807) is 0 Å². The minimum Gasteiger partial charge on any atom is 0 e. The van der Waals surface area contributed by atoms with Crippen LogP contribution < -0.4 is 0 Å². The summed E-state index contributed by atoms with van der Waals surface area (Å²) in [5.41, 5.74) is 0. The van der Waals surface area contributed by atoms with Crippen molar-refractivity contribution in [3.05, 3.63) is 0 Å². The van der Waals surface area contributed by atoms with Crippen molar-refractivity contribution < 1.29 is 57.6 Å². The van der Waals surface area contributed by atoms with Gasteiger partial charge in [0.25, 0.3) is 0 Å². The molecule has 0 rings (SSSR count). The van der Waals surface area contributed by atoms with Gasteiger partial charge in [0, 0.05) is 57.6 Å². The smallest absolute Gasteiger partial charge is 0 e. The van der Waals surface area contributed by atoms with Gasteiger partial charge in [-0.3, -0.25) is 0 Å². The van der Waals surface area contributed by atoms with Crippen LogP contribution in [0.1, 0.15) is 0 Å². The van der Waals surface area contributed by atoms with Crippen LogP contribution in [-0.2, 0) is 57.6 Å². The Balaban J connectivity index is 0. The third-order valence-electron chi connectivity index (χ3n) is 0. The third kappa shape index (κ3) is 24.7. The zero-order valence-electron chi connectivity index (χ0n) is 1.49. The van der Waals surface area contributed by atoms with E-state index in [1.165, 1.54) is 0 Å². The van der Waals surface area contributed by atoms with Crippen molar-refractivity contribution in [1.82, 2.24) is 0 Å². The molecule has 29 valence electrons. The van der Waals surface area contributed by atoms with Crippen molar-refractivity contribution in [3.8, 4) is 0 Å². The molecule has 0 saturated heterocycles. The van der Waals surface area contributed by atoms with Crippen molar-refractivity contribution >= 4 is 69.2 Å². The van der Waals surface area contributed by atoms with Gasteiger partial charge >= 0.3 is 60.8 Å². The predicted molar refractivity (Wildman–Crippen MR) is 27.0 cm³/mol. The molecule has 0 aliphatic carbocycles. The molecular formula is H7BCaMgMnMoZn. The van der Waals surface area contributed by atoms with Gasteiger partial charge in [-0.2, -0.15) is 0 Å². The van der Waals surface area contributed by atoms with Gasteiger partial charge in [0.15, 0.2) is 0 Å². The van der Waals surface area contributed by atoms with E-state index >= 15 is 0 Å². The first-order chi connectivity index (χ1) is 0. The van der Waals surface area contributed by atoms with Gasteiger partial charge in [0.1, 0.15) is 0 Å². The van der Waals surface area contributed by atoms with Gasteiger partial charge < -0.3 is 0 Å². The van der Waals surface area contributed by atoms with Gasteiger partial charge in [-0.05, 0) is 0 Å². The van der Waals surface area contributed by atoms with Crippen LogP contribution in [0.4, 0.5) is 0 Å². The SMILES string of the molecule is B.[CaH2].[MgH2].[Mn].[Mo].[Zn]. The maximum Gasteiger partial charge on any atom is 0.316 e. The standard InChI is InChI=1S/BH3.Ca.Mg.Mn.Mo.Zn.4H/h1H3;;;;;;;;;. The molecule has 0 spiro atoms. The Morgan fingerprint density at radius 2 is 1.00 bits per heavy atom. The normalized spacial score (nSPS) is 0. The summed E-state index contributed by atoms with van der Waals surface area (Å²) in [6.07, 6.45) is 0. The number of hydrogen-bond donors (Lipinski definition) is 0. The molecule has 0 bridgehead atoms. The van der Waals surface area contributed by atoms with Crippen LogP contribution in [0.3, 0.4) is 0 Å². The minimum absolute atomic E-state index is 0. The van der Waals surface area contributed by atoms with Gasteiger partial charge in [-0.1, -0.05) is 0 Å². The summed E-state index contributed by atoms with van der Waals surface area (Å²) in [6.45, 7) is 0. The fourth-order valence-corrected chi connectivity index (χ4v) is 0. The fourth-order valence-electron chi connectivity index (χ4n) is 0. The summed E-state index contributed by atoms with van der Waals surface area (Å²) >= 11 is 0. The van der Waals surface area contributed by atoms with E-state index in [1.807, 2.05) is 0 Å². The molecule has 0 saturated carbocycles. The van der Waals surface area contributed by atoms with E-state index in [0.29, 0.717) is 0 Å². The van der Waals surface area contributed by atoms with Crippen LogP contribution in [0.15, 0.2) is 0 Å². The molecular weight excluding hydrogens is 291 g/mol. The van der Waals surface area contributed by atoms with Crippen molar-refractivity contribution in [3.63, 3.8) is 0 Å². The van der Waals surface area contributed by atoms with E-state index in [-0.39, 0.29) is 127 Å². The maximum atomic E-state index is 0. The van der Waals surface area contributed by atoms with Crippen LogP contribution >= 0.6 is 0 Å². The van der Waals surface area contributed by atoms with E-state index in [0.717, 1.165) is 0 Å². The molecule has 0 fully saturated rings. The molecule has 1 radical (unpaired) electrons. The molecule has 0 aliphatic heterocycles. The van der Waals surface area contributed by atoms with Crippen molar-refractivity contribution in [1.29, 1.82) is 0 Å². The molecule has 6 heteroatoms. The van der Waals surface area contributed by atoms with Crippen molar-refractivity contribution in [2.45, 2.75) is 0 Å². The molecule has 0 aromatic carbocycles. The van der Waals surface area contributed by atoms with E-state index in [9.17, 15) is 0 Å². The first-order valence-corrected chi connectivity index (χ1v) is 0. The maximum absolute atomic E-state index is 0. The van der Waals surface area contributed by atoms with Gasteiger partial charge in [0.2, 0.25) is 0 Å². The van der Waals surface area contributed by atoms with Crippen molar-refractivity contribution in [2.75, 3.05) is 0 Å². The largest absolute Gasteiger partial charge is 0.316 e. The molecule has 0 N–H and O–H groups in total. The summed E-state index contributed by atoms with van der Waals surface area (Å²) in [4.78, 5) is 0. The second-order valence-electron chi connectivity index (χ2n) is 0. The molecule has 0 aromatic rings. The van der Waals surface area contributed by atoms with Gasteiger partial charge in [-0.15, -0.1) is 0 Å². The third-order valence-corrected chi connectivity index (χ3v) is 0. The topological polar surface area (TPSA) is 0 Å². The molecule has 0 aromatic heterocycles. The zero-order valence-corrected chi connectivity index (χ0v) is 7.65. The molecule has 0 unspecified atom stereocenters. The van der Waals surface area contributed by atoms with E-state index in [2.05, 4.69) is 0 Å². The first kappa shape index (κ1) is 51.3. The Labute approximate surface area is 124 Å². The monoisotopic (exact) mass is 299 g/mol. The van der Waals surface area contributed by atoms with Crippen LogP contribution in [0, 0.1) is 0 Å². The second kappa shape index (κ2) is 36.4. The summed E-state index contributed by atoms with van der Waals surface area (Å²) in [5, 5.41) is 0. The number of hydrogen-bond acceptors (Lipinski definition) is 0. The Kier molecular flexibility index (Phi) is 312. The van der Waals surface area contributed by atoms with Gasteiger partial charge in [-0.25, -0.2) is 0 Å². The van der Waals surface area contributed by atoms with E-state index in [4.69, 9.17) is 0 Å². The average molecular weight is 299 g/mol. The summed E-state index contributed by atoms with van der Waals surface area (Å²) in [7, 11) is 0. The fraction of sp³-hybridized carbons (Fsp3) is 0. The molecule has 6 heavy (non-hydrogen) atoms. The summed E-state index contributed by atoms with van der Waals surface area (Å²) < 4.78 is 0. The van der Waals surface area contributed by atoms with E-state index < -0.39 is 0 Å². The van der Waals surface area contributed by atoms with Crippen molar-refractivity contribution in [2.24, 2.45) is 0 Å². The Bertz CT molecular complexity index is 15.5. The van der Waals surface area contributed by atoms with Crippen LogP contribution in [0.2, 0.25) is 0 Å². The molecule has 0 nitrogen and oxygen atoms in total. The molecule has 0 heterocycles. The van der Waals surface area contributed by atoms with Crippen LogP contribution in [0.25, 0.3) is 0 Å². The minimum atomic E-state index is 0. The quantitative estimate of drug-likeness (QED) is 0.418. The molecule has 0 atom stereocenters. The second-order valence-corrected chi connectivity index (χ2v) is 0. The Morgan fingerprint density at radius 3 is 1.00 bits per heavy atom. The average Bonchev–Trinajstić information content (AvgIpc) is 0. The Morgan fingerprint density at radius 1 is 1.00 bits per heavy atom. The molecule has 0 amide bonds. The van der Waals surface area contributed by atoms with Crippen LogP contribution in [-0.4, -0.2) is 69.2 Å². The summed E-state index contributed by atoms with van der Waals surface area (Å²) in [5.74, 6) is 0. The first-order valence-electron chi connectivity index (χ1n) is 0. The summed E-state index contributed by atoms with van der Waals surface area (Å²) in [6, 6.07) is 0. The van der Waals surface area contributed by atoms with Crippen LogP contribution in [0.5, 0.6) is 0 Å². The Hall–Kier alpha value is 3.92. The predicted octanol–water partition coefficient (Wildman–Crippen LogP) is -3.02.